The van der Waals surface area contributed by atoms with Crippen LogP contribution in [0.5, 0.6) is 0 Å². The predicted molar refractivity (Wildman–Crippen MR) is 24.2 cm³/mol. The molecule has 30 valence electrons. The summed E-state index contributed by atoms with van der Waals surface area (Å²) in [5.74, 6) is 0. The SMILES string of the molecule is [2H]c1ccc([2H])nc1. The van der Waals surface area contributed by atoms with Gasteiger partial charge in [-0.15, -0.1) is 0 Å². The quantitative estimate of drug-likeness (QED) is 0.455. The Balaban J connectivity index is 3.03. The lowest BCUT2D eigenvalue weighted by atomic mass is 10.5. The van der Waals surface area contributed by atoms with Crippen molar-refractivity contribution in [1.29, 1.82) is 0 Å². The van der Waals surface area contributed by atoms with Gasteiger partial charge in [0.15, 0.2) is 0 Å². The van der Waals surface area contributed by atoms with Crippen LogP contribution in [0.4, 0.5) is 0 Å². The van der Waals surface area contributed by atoms with Crippen LogP contribution in [0, 0.1) is 0 Å². The van der Waals surface area contributed by atoms with Crippen molar-refractivity contribution in [2.45, 2.75) is 0 Å². The third kappa shape index (κ3) is 0.549. The number of rotatable bonds is 0. The highest BCUT2D eigenvalue weighted by Gasteiger charge is 1.58. The smallest absolute Gasteiger partial charge is 0.0840 e. The molecule has 0 bridgehead atoms. The third-order valence-corrected chi connectivity index (χ3v) is 0.468. The van der Waals surface area contributed by atoms with Crippen LogP contribution < -0.4 is 0 Å². The summed E-state index contributed by atoms with van der Waals surface area (Å²) in [5, 5.41) is 0. The molecule has 0 saturated heterocycles. The Bertz CT molecular complexity index is 149. The van der Waals surface area contributed by atoms with Crippen LogP contribution in [0.1, 0.15) is 2.74 Å². The first-order chi connectivity index (χ1) is 3.79. The fraction of sp³-hybridized carbons (Fsp3) is 0. The molecule has 0 aliphatic carbocycles. The standard InChI is InChI=1S/C5H5N/c1-2-4-6-5-3-1/h1-5H/i2D,5D. The van der Waals surface area contributed by atoms with E-state index in [1.165, 1.54) is 18.3 Å². The molecule has 0 amide bonds. The van der Waals surface area contributed by atoms with Crippen LogP contribution >= 0.6 is 0 Å². The van der Waals surface area contributed by atoms with Gasteiger partial charge in [0.2, 0.25) is 0 Å². The van der Waals surface area contributed by atoms with Crippen LogP contribution in [0.2, 0.25) is 0 Å². The fourth-order valence-electron chi connectivity index (χ4n) is 0.246. The van der Waals surface area contributed by atoms with E-state index < -0.39 is 0 Å². The molecular weight excluding hydrogens is 74.1 g/mol. The van der Waals surface area contributed by atoms with E-state index >= 15 is 0 Å². The summed E-state index contributed by atoms with van der Waals surface area (Å²) in [6.45, 7) is 0. The van der Waals surface area contributed by atoms with Crippen molar-refractivity contribution < 1.29 is 2.74 Å². The van der Waals surface area contributed by atoms with Crippen molar-refractivity contribution in [2.24, 2.45) is 0 Å². The average Bonchev–Trinajstić information content (AvgIpc) is 1.77. The number of hydrogen-bond donors (Lipinski definition) is 0. The Kier molecular flexibility index (Phi) is 0.449. The molecule has 0 unspecified atom stereocenters. The van der Waals surface area contributed by atoms with E-state index in [0.717, 1.165) is 0 Å². The Morgan fingerprint density at radius 3 is 3.00 bits per heavy atom. The van der Waals surface area contributed by atoms with Crippen LogP contribution in [0.3, 0.4) is 0 Å². The molecule has 0 radical (unpaired) electrons. The molecule has 0 saturated carbocycles. The third-order valence-electron chi connectivity index (χ3n) is 0.468. The van der Waals surface area contributed by atoms with Gasteiger partial charge in [0, 0.05) is 12.4 Å². The first-order valence-electron chi connectivity index (χ1n) is 2.68. The van der Waals surface area contributed by atoms with E-state index in [1.54, 1.807) is 0 Å². The van der Waals surface area contributed by atoms with Gasteiger partial charge < -0.3 is 0 Å². The summed E-state index contributed by atoms with van der Waals surface area (Å²) in [5.41, 5.74) is 0. The largest absolute Gasteiger partial charge is 0.265 e. The second kappa shape index (κ2) is 1.55. The van der Waals surface area contributed by atoms with E-state index in [2.05, 4.69) is 4.98 Å². The molecule has 0 spiro atoms. The van der Waals surface area contributed by atoms with E-state index in [0.29, 0.717) is 6.04 Å². The van der Waals surface area contributed by atoms with Gasteiger partial charge in [-0.2, -0.15) is 0 Å². The summed E-state index contributed by atoms with van der Waals surface area (Å²) < 4.78 is 13.8. The number of hydrogen-bond acceptors (Lipinski definition) is 1. The molecule has 0 N–H and O–H groups in total. The molecule has 0 fully saturated rings. The van der Waals surface area contributed by atoms with Gasteiger partial charge in [-0.1, -0.05) is 6.07 Å². The minimum absolute atomic E-state index is 0.209. The molecule has 1 aromatic heterocycles. The lowest BCUT2D eigenvalue weighted by Gasteiger charge is -1.70. The Labute approximate surface area is 39.5 Å². The summed E-state index contributed by atoms with van der Waals surface area (Å²) in [7, 11) is 0. The van der Waals surface area contributed by atoms with Gasteiger partial charge in [-0.05, 0) is 12.1 Å². The van der Waals surface area contributed by atoms with Crippen molar-refractivity contribution in [2.75, 3.05) is 0 Å². The van der Waals surface area contributed by atoms with Gasteiger partial charge in [-0.3, -0.25) is 4.98 Å². The van der Waals surface area contributed by atoms with Crippen LogP contribution in [0.15, 0.2) is 30.5 Å². The lowest BCUT2D eigenvalue weighted by Crippen LogP contribution is -1.58. The molecule has 1 rings (SSSR count). The molecule has 0 atom stereocenters. The van der Waals surface area contributed by atoms with Crippen molar-refractivity contribution >= 4 is 0 Å². The average molecular weight is 81.1 g/mol. The minimum Gasteiger partial charge on any atom is -0.265 e. The van der Waals surface area contributed by atoms with Gasteiger partial charge in [0.25, 0.3) is 0 Å². The minimum atomic E-state index is 0.209. The van der Waals surface area contributed by atoms with E-state index in [9.17, 15) is 0 Å². The second-order valence-corrected chi connectivity index (χ2v) is 0.887. The molecule has 0 aliphatic heterocycles. The molecule has 1 aromatic rings. The molecule has 0 aliphatic rings. The van der Waals surface area contributed by atoms with Gasteiger partial charge >= 0.3 is 0 Å². The van der Waals surface area contributed by atoms with Crippen LogP contribution in [-0.2, 0) is 0 Å². The summed E-state index contributed by atoms with van der Waals surface area (Å²) in [4.78, 5) is 3.56. The highest BCUT2D eigenvalue weighted by Crippen LogP contribution is 1.73. The maximum absolute atomic E-state index is 6.95. The molecular formula is C5H5N. The van der Waals surface area contributed by atoms with Crippen LogP contribution in [-0.4, -0.2) is 4.98 Å². The summed E-state index contributed by atoms with van der Waals surface area (Å²) in [6.07, 6.45) is 1.56. The normalized spacial score (nSPS) is 12.7. The topological polar surface area (TPSA) is 12.9 Å². The Morgan fingerprint density at radius 1 is 1.50 bits per heavy atom. The highest BCUT2D eigenvalue weighted by molar-refractivity contribution is 4.88. The van der Waals surface area contributed by atoms with E-state index in [-0.39, 0.29) is 6.17 Å². The number of aromatic nitrogens is 1. The van der Waals surface area contributed by atoms with Gasteiger partial charge in [0.1, 0.15) is 0 Å². The predicted octanol–water partition coefficient (Wildman–Crippen LogP) is 1.08. The van der Waals surface area contributed by atoms with Gasteiger partial charge in [0.05, 0.1) is 2.74 Å². The summed E-state index contributed by atoms with van der Waals surface area (Å²) in [6, 6.07) is 3.37. The lowest BCUT2D eigenvalue weighted by molar-refractivity contribution is 1.33. The Morgan fingerprint density at radius 2 is 2.50 bits per heavy atom. The van der Waals surface area contributed by atoms with Crippen molar-refractivity contribution in [3.63, 3.8) is 0 Å². The van der Waals surface area contributed by atoms with E-state index in [4.69, 9.17) is 2.74 Å². The second-order valence-electron chi connectivity index (χ2n) is 0.887. The monoisotopic (exact) mass is 81.1 g/mol. The molecule has 1 heterocycles. The molecule has 6 heavy (non-hydrogen) atoms. The number of pyridine rings is 1. The maximum Gasteiger partial charge on any atom is 0.0840 e. The maximum atomic E-state index is 6.95. The molecule has 1 nitrogen and oxygen atoms in total. The first-order valence-corrected chi connectivity index (χ1v) is 1.68. The highest BCUT2D eigenvalue weighted by atomic mass is 14.6. The number of nitrogens with zero attached hydrogens (tertiary/aromatic N) is 1. The molecule has 1 heteroatoms. The van der Waals surface area contributed by atoms with E-state index in [1.807, 2.05) is 0 Å². The zero-order valence-electron chi connectivity index (χ0n) is 5.18. The van der Waals surface area contributed by atoms with Crippen molar-refractivity contribution in [3.05, 3.63) is 30.5 Å². The Hall–Kier alpha value is -0.850. The summed E-state index contributed by atoms with van der Waals surface area (Å²) >= 11 is 0. The zero-order chi connectivity index (χ0) is 5.98. The van der Waals surface area contributed by atoms with Gasteiger partial charge in [-0.25, -0.2) is 0 Å². The van der Waals surface area contributed by atoms with Crippen molar-refractivity contribution in [1.82, 2.24) is 4.98 Å². The fourth-order valence-corrected chi connectivity index (χ4v) is 0.246. The molecule has 0 aromatic carbocycles. The first kappa shape index (κ1) is 1.73. The zero-order valence-corrected chi connectivity index (χ0v) is 3.18. The van der Waals surface area contributed by atoms with Crippen LogP contribution in [0.25, 0.3) is 0 Å². The van der Waals surface area contributed by atoms with Crippen molar-refractivity contribution in [3.8, 4) is 0 Å².